The molecule has 0 saturated heterocycles. The van der Waals surface area contributed by atoms with E-state index in [4.69, 9.17) is 11.6 Å². The smallest absolute Gasteiger partial charge is 0.266 e. The summed E-state index contributed by atoms with van der Waals surface area (Å²) in [5, 5.41) is 7.49. The normalized spacial score (nSPS) is 10.9. The molecule has 0 radical (unpaired) electrons. The fraction of sp³-hybridized carbons (Fsp3) is 0.333. The number of nitrogens with one attached hydrogen (secondary N) is 1. The second-order valence-electron chi connectivity index (χ2n) is 4.31. The Morgan fingerprint density at radius 2 is 2.28 bits per heavy atom. The largest absolute Gasteiger partial charge is 0.304 e. The van der Waals surface area contributed by atoms with E-state index >= 15 is 0 Å². The van der Waals surface area contributed by atoms with Crippen LogP contribution in [0.25, 0.3) is 0 Å². The van der Waals surface area contributed by atoms with Crippen LogP contribution in [0.1, 0.15) is 34.3 Å². The molecule has 2 aromatic heterocycles. The predicted molar refractivity (Wildman–Crippen MR) is 74.6 cm³/mol. The van der Waals surface area contributed by atoms with Crippen molar-refractivity contribution in [3.05, 3.63) is 33.1 Å². The number of halogens is 1. The Bertz CT molecular complexity index is 574. The van der Waals surface area contributed by atoms with E-state index in [0.29, 0.717) is 21.6 Å². The van der Waals surface area contributed by atoms with Crippen LogP contribution in [0.5, 0.6) is 0 Å². The van der Waals surface area contributed by atoms with E-state index in [9.17, 15) is 4.79 Å². The molecule has 0 aromatic carbocycles. The topological polar surface area (TPSA) is 46.9 Å². The molecule has 18 heavy (non-hydrogen) atoms. The van der Waals surface area contributed by atoms with Crippen molar-refractivity contribution in [1.29, 1.82) is 0 Å². The van der Waals surface area contributed by atoms with Crippen molar-refractivity contribution >= 4 is 34.7 Å². The van der Waals surface area contributed by atoms with Crippen LogP contribution in [-0.4, -0.2) is 15.7 Å². The summed E-state index contributed by atoms with van der Waals surface area (Å²) >= 11 is 7.52. The van der Waals surface area contributed by atoms with Gasteiger partial charge in [-0.25, -0.2) is 0 Å². The summed E-state index contributed by atoms with van der Waals surface area (Å²) in [6.45, 7) is 4.11. The van der Waals surface area contributed by atoms with Gasteiger partial charge in [-0.1, -0.05) is 25.4 Å². The third-order valence-corrected chi connectivity index (χ3v) is 4.28. The summed E-state index contributed by atoms with van der Waals surface area (Å²) in [6.07, 6.45) is 1.77. The highest BCUT2D eigenvalue weighted by Crippen LogP contribution is 2.33. The number of carbonyl (C=O) groups excluding carboxylic acids is 1. The second-order valence-corrected chi connectivity index (χ2v) is 5.80. The van der Waals surface area contributed by atoms with E-state index < -0.39 is 0 Å². The molecule has 0 bridgehead atoms. The van der Waals surface area contributed by atoms with Crippen LogP contribution >= 0.6 is 22.9 Å². The Labute approximate surface area is 115 Å². The molecule has 0 saturated carbocycles. The van der Waals surface area contributed by atoms with Gasteiger partial charge < -0.3 is 5.32 Å². The molecule has 2 rings (SSSR count). The molecular formula is C12H14ClN3OS. The molecule has 0 aliphatic carbocycles. The lowest BCUT2D eigenvalue weighted by Gasteiger charge is -2.00. The molecule has 0 atom stereocenters. The minimum absolute atomic E-state index is 0.174. The molecule has 2 aromatic rings. The van der Waals surface area contributed by atoms with Gasteiger partial charge in [0.1, 0.15) is 0 Å². The van der Waals surface area contributed by atoms with Gasteiger partial charge in [0.15, 0.2) is 5.82 Å². The number of rotatable bonds is 3. The van der Waals surface area contributed by atoms with Crippen LogP contribution in [0.15, 0.2) is 18.3 Å². The maximum absolute atomic E-state index is 12.0. The molecule has 0 fully saturated rings. The number of hydrogen-bond acceptors (Lipinski definition) is 3. The van der Waals surface area contributed by atoms with Crippen molar-refractivity contribution in [2.45, 2.75) is 19.8 Å². The Hall–Kier alpha value is -1.33. The SMILES string of the molecule is CC(C)c1sc(C(=O)Nc2ccn(C)n2)cc1Cl. The molecule has 4 nitrogen and oxygen atoms in total. The average Bonchev–Trinajstić information content (AvgIpc) is 2.85. The fourth-order valence-electron chi connectivity index (χ4n) is 1.55. The third-order valence-electron chi connectivity index (χ3n) is 2.42. The lowest BCUT2D eigenvalue weighted by Crippen LogP contribution is -2.10. The molecule has 0 spiro atoms. The third kappa shape index (κ3) is 2.73. The lowest BCUT2D eigenvalue weighted by atomic mass is 10.2. The first-order chi connectivity index (χ1) is 8.47. The molecule has 2 heterocycles. The predicted octanol–water partition coefficient (Wildman–Crippen LogP) is 3.51. The van der Waals surface area contributed by atoms with Crippen molar-refractivity contribution in [2.24, 2.45) is 7.05 Å². The summed E-state index contributed by atoms with van der Waals surface area (Å²) in [7, 11) is 1.80. The van der Waals surface area contributed by atoms with Crippen molar-refractivity contribution in [1.82, 2.24) is 9.78 Å². The van der Waals surface area contributed by atoms with Crippen LogP contribution in [0.4, 0.5) is 5.82 Å². The zero-order chi connectivity index (χ0) is 13.3. The van der Waals surface area contributed by atoms with E-state index in [2.05, 4.69) is 24.3 Å². The highest BCUT2D eigenvalue weighted by molar-refractivity contribution is 7.14. The van der Waals surface area contributed by atoms with E-state index in [-0.39, 0.29) is 5.91 Å². The van der Waals surface area contributed by atoms with Crippen molar-refractivity contribution < 1.29 is 4.79 Å². The highest BCUT2D eigenvalue weighted by atomic mass is 35.5. The number of hydrogen-bond donors (Lipinski definition) is 1. The molecule has 0 aliphatic heterocycles. The standard InChI is InChI=1S/C12H14ClN3OS/c1-7(2)11-8(13)6-9(18-11)12(17)14-10-4-5-16(3)15-10/h4-7H,1-3H3,(H,14,15,17). The molecule has 6 heteroatoms. The number of nitrogens with zero attached hydrogens (tertiary/aromatic N) is 2. The number of anilines is 1. The molecule has 96 valence electrons. The summed E-state index contributed by atoms with van der Waals surface area (Å²) < 4.78 is 1.64. The lowest BCUT2D eigenvalue weighted by molar-refractivity contribution is 0.103. The van der Waals surface area contributed by atoms with Crippen LogP contribution in [0.2, 0.25) is 5.02 Å². The minimum Gasteiger partial charge on any atom is -0.304 e. The van der Waals surface area contributed by atoms with Crippen molar-refractivity contribution in [2.75, 3.05) is 5.32 Å². The molecule has 0 aliphatic rings. The second kappa shape index (κ2) is 5.12. The Morgan fingerprint density at radius 3 is 2.78 bits per heavy atom. The van der Waals surface area contributed by atoms with Gasteiger partial charge in [0.25, 0.3) is 5.91 Å². The maximum atomic E-state index is 12.0. The van der Waals surface area contributed by atoms with Gasteiger partial charge in [0, 0.05) is 24.2 Å². The zero-order valence-electron chi connectivity index (χ0n) is 10.4. The van der Waals surface area contributed by atoms with Gasteiger partial charge in [-0.3, -0.25) is 9.48 Å². The van der Waals surface area contributed by atoms with Gasteiger partial charge in [0.2, 0.25) is 0 Å². The summed E-state index contributed by atoms with van der Waals surface area (Å²) in [5.41, 5.74) is 0. The van der Waals surface area contributed by atoms with E-state index in [0.717, 1.165) is 4.88 Å². The molecule has 0 unspecified atom stereocenters. The highest BCUT2D eigenvalue weighted by Gasteiger charge is 2.16. The van der Waals surface area contributed by atoms with Crippen LogP contribution in [-0.2, 0) is 7.05 Å². The van der Waals surface area contributed by atoms with E-state index in [1.165, 1.54) is 11.3 Å². The van der Waals surface area contributed by atoms with Gasteiger partial charge in [-0.15, -0.1) is 11.3 Å². The van der Waals surface area contributed by atoms with Crippen LogP contribution in [0.3, 0.4) is 0 Å². The maximum Gasteiger partial charge on any atom is 0.266 e. The summed E-state index contributed by atoms with van der Waals surface area (Å²) in [6, 6.07) is 3.45. The average molecular weight is 284 g/mol. The Balaban J connectivity index is 2.16. The first-order valence-corrected chi connectivity index (χ1v) is 6.77. The number of aryl methyl sites for hydroxylation is 1. The van der Waals surface area contributed by atoms with E-state index in [1.807, 2.05) is 0 Å². The Kier molecular flexibility index (Phi) is 3.73. The van der Waals surface area contributed by atoms with Crippen LogP contribution < -0.4 is 5.32 Å². The molecule has 1 amide bonds. The first kappa shape index (κ1) is 13.1. The van der Waals surface area contributed by atoms with Crippen LogP contribution in [0, 0.1) is 0 Å². The van der Waals surface area contributed by atoms with Gasteiger partial charge >= 0.3 is 0 Å². The molecule has 1 N–H and O–H groups in total. The fourth-order valence-corrected chi connectivity index (χ4v) is 3.01. The zero-order valence-corrected chi connectivity index (χ0v) is 12.0. The van der Waals surface area contributed by atoms with Gasteiger partial charge in [-0.05, 0) is 12.0 Å². The molecular weight excluding hydrogens is 270 g/mol. The minimum atomic E-state index is -0.174. The first-order valence-electron chi connectivity index (χ1n) is 5.57. The summed E-state index contributed by atoms with van der Waals surface area (Å²) in [4.78, 5) is 13.6. The number of amides is 1. The quantitative estimate of drug-likeness (QED) is 0.937. The van der Waals surface area contributed by atoms with Crippen molar-refractivity contribution in [3.63, 3.8) is 0 Å². The summed E-state index contributed by atoms with van der Waals surface area (Å²) in [5.74, 6) is 0.685. The monoisotopic (exact) mass is 283 g/mol. The number of carbonyl (C=O) groups is 1. The Morgan fingerprint density at radius 1 is 1.56 bits per heavy atom. The van der Waals surface area contributed by atoms with E-state index in [1.54, 1.807) is 30.1 Å². The van der Waals surface area contributed by atoms with Crippen molar-refractivity contribution in [3.8, 4) is 0 Å². The van der Waals surface area contributed by atoms with Gasteiger partial charge in [-0.2, -0.15) is 5.10 Å². The number of thiophene rings is 1. The number of aromatic nitrogens is 2. The van der Waals surface area contributed by atoms with Gasteiger partial charge in [0.05, 0.1) is 9.90 Å².